The second-order valence-electron chi connectivity index (χ2n) is 2.10. The second-order valence-corrected chi connectivity index (χ2v) is 3.13. The Morgan fingerprint density at radius 3 is 2.91 bits per heavy atom. The summed E-state index contributed by atoms with van der Waals surface area (Å²) in [5, 5.41) is 2.02. The van der Waals surface area contributed by atoms with Gasteiger partial charge in [0.15, 0.2) is 0 Å². The standard InChI is InChI=1S/C8H9OS.Y/c1-7(9)4-5-8-3-2-6-10-8;/h2-4,6H,5H2,1H3;/q-1;+3. The number of hydrogen-bond acceptors (Lipinski definition) is 2. The monoisotopic (exact) mass is 242 g/mol. The molecule has 1 rings (SSSR count). The van der Waals surface area contributed by atoms with Gasteiger partial charge < -0.3 is 11.2 Å². The van der Waals surface area contributed by atoms with Gasteiger partial charge in [-0.05, 0) is 23.0 Å². The summed E-state index contributed by atoms with van der Waals surface area (Å²) in [6.07, 6.45) is 2.48. The fourth-order valence-corrected chi connectivity index (χ4v) is 1.34. The first kappa shape index (κ1) is 11.3. The van der Waals surface area contributed by atoms with Crippen molar-refractivity contribution in [3.63, 3.8) is 0 Å². The van der Waals surface area contributed by atoms with Crippen LogP contribution < -0.4 is 0 Å². The average molecular weight is 242 g/mol. The minimum Gasteiger partial charge on any atom is -0.335 e. The molecule has 1 aromatic heterocycles. The van der Waals surface area contributed by atoms with Gasteiger partial charge in [-0.25, -0.2) is 0 Å². The first-order valence-electron chi connectivity index (χ1n) is 3.15. The Morgan fingerprint density at radius 1 is 1.73 bits per heavy atom. The van der Waals surface area contributed by atoms with E-state index in [-0.39, 0.29) is 38.5 Å². The zero-order chi connectivity index (χ0) is 7.40. The number of rotatable bonds is 3. The van der Waals surface area contributed by atoms with Crippen molar-refractivity contribution < 1.29 is 37.5 Å². The smallest absolute Gasteiger partial charge is 0.335 e. The van der Waals surface area contributed by atoms with Crippen LogP contribution in [0.25, 0.3) is 0 Å². The number of Topliss-reactive ketones (excluding diaryl/α,β-unsaturated/α-hetero) is 1. The number of carbonyl (C=O) groups excluding carboxylic acids is 1. The molecule has 11 heavy (non-hydrogen) atoms. The van der Waals surface area contributed by atoms with Crippen LogP contribution in [0.2, 0.25) is 0 Å². The Balaban J connectivity index is 0.000001000. The maximum Gasteiger partial charge on any atom is 3.00 e. The minimum absolute atomic E-state index is 0. The molecule has 0 aromatic carbocycles. The van der Waals surface area contributed by atoms with Crippen molar-refractivity contribution in [3.8, 4) is 0 Å². The van der Waals surface area contributed by atoms with Gasteiger partial charge in [0.25, 0.3) is 0 Å². The normalized spacial score (nSPS) is 8.45. The van der Waals surface area contributed by atoms with E-state index in [0.29, 0.717) is 0 Å². The van der Waals surface area contributed by atoms with E-state index in [0.717, 1.165) is 6.42 Å². The van der Waals surface area contributed by atoms with E-state index < -0.39 is 0 Å². The van der Waals surface area contributed by atoms with Crippen LogP contribution in [0, 0.1) is 6.42 Å². The molecule has 0 amide bonds. The predicted octanol–water partition coefficient (Wildman–Crippen LogP) is 2.08. The van der Waals surface area contributed by atoms with Crippen LogP contribution in [-0.4, -0.2) is 5.78 Å². The van der Waals surface area contributed by atoms with Gasteiger partial charge in [0, 0.05) is 0 Å². The van der Waals surface area contributed by atoms with Crippen molar-refractivity contribution in [3.05, 3.63) is 28.8 Å². The van der Waals surface area contributed by atoms with Crippen LogP contribution in [0.4, 0.5) is 0 Å². The molecule has 0 aliphatic carbocycles. The molecular formula is C8H9OSY+2. The predicted molar refractivity (Wildman–Crippen MR) is 43.0 cm³/mol. The van der Waals surface area contributed by atoms with E-state index in [4.69, 9.17) is 0 Å². The van der Waals surface area contributed by atoms with Gasteiger partial charge >= 0.3 is 32.7 Å². The Kier molecular flexibility index (Phi) is 6.11. The maximum absolute atomic E-state index is 10.5. The molecule has 54 valence electrons. The topological polar surface area (TPSA) is 17.1 Å². The first-order chi connectivity index (χ1) is 4.79. The van der Waals surface area contributed by atoms with Crippen LogP contribution in [-0.2, 0) is 43.9 Å². The molecular weight excluding hydrogens is 233 g/mol. The molecule has 1 heterocycles. The zero-order valence-corrected chi connectivity index (χ0v) is 10.1. The van der Waals surface area contributed by atoms with Crippen molar-refractivity contribution in [2.24, 2.45) is 0 Å². The van der Waals surface area contributed by atoms with E-state index >= 15 is 0 Å². The van der Waals surface area contributed by atoms with Crippen LogP contribution in [0.1, 0.15) is 11.8 Å². The molecule has 0 unspecified atom stereocenters. The Morgan fingerprint density at radius 2 is 2.45 bits per heavy atom. The maximum atomic E-state index is 10.5. The number of thiophene rings is 1. The Hall–Kier alpha value is 0.344. The van der Waals surface area contributed by atoms with Gasteiger partial charge in [0.2, 0.25) is 0 Å². The van der Waals surface area contributed by atoms with E-state index in [1.54, 1.807) is 24.7 Å². The molecule has 0 atom stereocenters. The molecule has 1 nitrogen and oxygen atoms in total. The van der Waals surface area contributed by atoms with Crippen molar-refractivity contribution in [1.82, 2.24) is 0 Å². The summed E-state index contributed by atoms with van der Waals surface area (Å²) in [4.78, 5) is 11.7. The minimum atomic E-state index is 0. The Labute approximate surface area is 96.1 Å². The van der Waals surface area contributed by atoms with Gasteiger partial charge in [0.1, 0.15) is 0 Å². The summed E-state index contributed by atoms with van der Waals surface area (Å²) >= 11 is 1.68. The molecule has 0 bridgehead atoms. The summed E-state index contributed by atoms with van der Waals surface area (Å²) in [7, 11) is 0. The van der Waals surface area contributed by atoms with Crippen LogP contribution >= 0.6 is 11.3 Å². The average Bonchev–Trinajstić information content (AvgIpc) is 2.34. The SMILES string of the molecule is CC(=O)[CH-]Cc1cccs1.[Y+3]. The van der Waals surface area contributed by atoms with Gasteiger partial charge in [-0.2, -0.15) is 11.3 Å². The molecule has 1 aromatic rings. The number of ketones is 1. The van der Waals surface area contributed by atoms with Crippen LogP contribution in [0.3, 0.4) is 0 Å². The van der Waals surface area contributed by atoms with Crippen LogP contribution in [0.5, 0.6) is 0 Å². The molecule has 0 spiro atoms. The summed E-state index contributed by atoms with van der Waals surface area (Å²) in [6.45, 7) is 1.58. The van der Waals surface area contributed by atoms with Gasteiger partial charge in [-0.1, -0.05) is 12.1 Å². The van der Waals surface area contributed by atoms with Gasteiger partial charge in [0.05, 0.1) is 0 Å². The van der Waals surface area contributed by atoms with E-state index in [1.165, 1.54) is 4.88 Å². The van der Waals surface area contributed by atoms with Gasteiger partial charge in [-0.3, -0.25) is 0 Å². The summed E-state index contributed by atoms with van der Waals surface area (Å²) in [5.74, 6) is 0.147. The van der Waals surface area contributed by atoms with Crippen molar-refractivity contribution in [2.45, 2.75) is 13.3 Å². The van der Waals surface area contributed by atoms with E-state index in [2.05, 4.69) is 0 Å². The molecule has 0 radical (unpaired) electrons. The molecule has 0 N–H and O–H groups in total. The van der Waals surface area contributed by atoms with E-state index in [9.17, 15) is 4.79 Å². The quantitative estimate of drug-likeness (QED) is 0.741. The third-order valence-corrected chi connectivity index (χ3v) is 2.07. The fraction of sp³-hybridized carbons (Fsp3) is 0.250. The summed E-state index contributed by atoms with van der Waals surface area (Å²) < 4.78 is 0. The molecule has 3 heteroatoms. The number of carbonyl (C=O) groups is 1. The molecule has 0 saturated heterocycles. The number of hydrogen-bond donors (Lipinski definition) is 0. The fourth-order valence-electron chi connectivity index (χ4n) is 0.673. The summed E-state index contributed by atoms with van der Waals surface area (Å²) in [6, 6.07) is 4.03. The van der Waals surface area contributed by atoms with Crippen molar-refractivity contribution in [1.29, 1.82) is 0 Å². The Bertz CT molecular complexity index is 206. The van der Waals surface area contributed by atoms with Crippen molar-refractivity contribution >= 4 is 17.1 Å². The zero-order valence-electron chi connectivity index (χ0n) is 6.41. The third kappa shape index (κ3) is 4.73. The third-order valence-electron chi connectivity index (χ3n) is 1.17. The van der Waals surface area contributed by atoms with Crippen molar-refractivity contribution in [2.75, 3.05) is 0 Å². The largest absolute Gasteiger partial charge is 3.00 e. The molecule has 0 aliphatic rings. The molecule has 0 fully saturated rings. The van der Waals surface area contributed by atoms with Gasteiger partial charge in [-0.15, -0.1) is 6.42 Å². The molecule has 0 aliphatic heterocycles. The van der Waals surface area contributed by atoms with Crippen LogP contribution in [0.15, 0.2) is 17.5 Å². The molecule has 0 saturated carbocycles. The summed E-state index contributed by atoms with van der Waals surface area (Å²) in [5.41, 5.74) is 0. The van der Waals surface area contributed by atoms with E-state index in [1.807, 2.05) is 17.5 Å². The first-order valence-corrected chi connectivity index (χ1v) is 4.03. The second kappa shape index (κ2) is 5.93.